The number of carbonyl (C=O) groups excluding carboxylic acids is 2. The van der Waals surface area contributed by atoms with Crippen molar-refractivity contribution < 1.29 is 22.9 Å². The lowest BCUT2D eigenvalue weighted by Crippen LogP contribution is -2.52. The predicted molar refractivity (Wildman–Crippen MR) is 158 cm³/mol. The van der Waals surface area contributed by atoms with Crippen molar-refractivity contribution >= 4 is 44.8 Å². The van der Waals surface area contributed by atoms with Gasteiger partial charge in [-0.3, -0.25) is 24.0 Å². The molecule has 218 valence electrons. The van der Waals surface area contributed by atoms with Crippen molar-refractivity contribution in [3.05, 3.63) is 99.6 Å². The first-order valence-corrected chi connectivity index (χ1v) is 14.9. The highest BCUT2D eigenvalue weighted by Crippen LogP contribution is 2.28. The number of hydrogen-bond donors (Lipinski definition) is 1. The fraction of sp³-hybridized carbons (Fsp3) is 0.310. The van der Waals surface area contributed by atoms with Gasteiger partial charge in [-0.25, -0.2) is 8.42 Å². The van der Waals surface area contributed by atoms with Crippen LogP contribution in [0.5, 0.6) is 0 Å². The number of nitro benzene ring substituents is 1. The molecule has 0 radical (unpaired) electrons. The lowest BCUT2D eigenvalue weighted by molar-refractivity contribution is -0.384. The molecule has 0 aliphatic rings. The number of non-ortho nitro benzene ring substituents is 1. The SMILES string of the molecule is CC[C@H](C(=O)NCC(C)C)N(Cc1ccc(Cl)cc1)C(=O)CN(c1cccc([N+](=O)[O-])c1)S(=O)(=O)c1ccccc1. The molecule has 0 aliphatic heterocycles. The minimum absolute atomic E-state index is 0.0117. The Morgan fingerprint density at radius 1 is 1.00 bits per heavy atom. The molecule has 0 unspecified atom stereocenters. The molecule has 0 aromatic heterocycles. The highest BCUT2D eigenvalue weighted by atomic mass is 35.5. The van der Waals surface area contributed by atoms with Crippen LogP contribution in [0.3, 0.4) is 0 Å². The van der Waals surface area contributed by atoms with E-state index in [2.05, 4.69) is 5.32 Å². The van der Waals surface area contributed by atoms with E-state index in [1.54, 1.807) is 49.4 Å². The maximum atomic E-state index is 14.0. The number of nitrogens with zero attached hydrogens (tertiary/aromatic N) is 3. The Hall–Kier alpha value is -3.96. The first-order valence-electron chi connectivity index (χ1n) is 13.1. The molecule has 3 aromatic carbocycles. The molecule has 1 N–H and O–H groups in total. The van der Waals surface area contributed by atoms with Crippen LogP contribution < -0.4 is 9.62 Å². The first kappa shape index (κ1) is 31.6. The van der Waals surface area contributed by atoms with Gasteiger partial charge in [0.25, 0.3) is 15.7 Å². The second-order valence-electron chi connectivity index (χ2n) is 9.81. The summed E-state index contributed by atoms with van der Waals surface area (Å²) in [5, 5.41) is 14.8. The van der Waals surface area contributed by atoms with Gasteiger partial charge in [0.05, 0.1) is 15.5 Å². The lowest BCUT2D eigenvalue weighted by Gasteiger charge is -2.33. The van der Waals surface area contributed by atoms with Crippen molar-refractivity contribution in [2.24, 2.45) is 5.92 Å². The van der Waals surface area contributed by atoms with Crippen LogP contribution in [0.4, 0.5) is 11.4 Å². The zero-order valence-electron chi connectivity index (χ0n) is 23.1. The number of nitro groups is 1. The summed E-state index contributed by atoms with van der Waals surface area (Å²) in [6.45, 7) is 5.38. The zero-order chi connectivity index (χ0) is 30.2. The fourth-order valence-electron chi connectivity index (χ4n) is 4.14. The number of rotatable bonds is 13. The Kier molecular flexibility index (Phi) is 10.8. The van der Waals surface area contributed by atoms with Gasteiger partial charge in [0.2, 0.25) is 11.8 Å². The number of anilines is 1. The van der Waals surface area contributed by atoms with Crippen molar-refractivity contribution in [3.8, 4) is 0 Å². The molecule has 2 amide bonds. The lowest BCUT2D eigenvalue weighted by atomic mass is 10.1. The van der Waals surface area contributed by atoms with Gasteiger partial charge in [-0.1, -0.05) is 68.8 Å². The monoisotopic (exact) mass is 600 g/mol. The highest BCUT2D eigenvalue weighted by molar-refractivity contribution is 7.92. The number of amides is 2. The van der Waals surface area contributed by atoms with E-state index in [-0.39, 0.29) is 41.1 Å². The van der Waals surface area contributed by atoms with Crippen LogP contribution in [0.25, 0.3) is 0 Å². The minimum atomic E-state index is -4.33. The molecule has 0 aliphatic carbocycles. The molecule has 0 saturated heterocycles. The van der Waals surface area contributed by atoms with E-state index in [0.29, 0.717) is 17.1 Å². The Morgan fingerprint density at radius 3 is 2.24 bits per heavy atom. The summed E-state index contributed by atoms with van der Waals surface area (Å²) in [6.07, 6.45) is 0.269. The third-order valence-electron chi connectivity index (χ3n) is 6.28. The van der Waals surface area contributed by atoms with Gasteiger partial charge in [0.1, 0.15) is 12.6 Å². The summed E-state index contributed by atoms with van der Waals surface area (Å²) in [4.78, 5) is 39.3. The molecule has 3 rings (SSSR count). The molecule has 0 heterocycles. The van der Waals surface area contributed by atoms with Gasteiger partial charge in [-0.2, -0.15) is 0 Å². The van der Waals surface area contributed by atoms with Crippen LogP contribution in [-0.4, -0.2) is 49.2 Å². The standard InChI is InChI=1S/C29H33ClN4O6S/c1-4-27(29(36)31-18-21(2)3)32(19-22-13-15-23(30)16-14-22)28(35)20-33(24-9-8-10-25(17-24)34(37)38)41(39,40)26-11-6-5-7-12-26/h5-17,21,27H,4,18-20H2,1-3H3,(H,31,36)/t27-/m1/s1. The third-order valence-corrected chi connectivity index (χ3v) is 8.32. The van der Waals surface area contributed by atoms with E-state index in [9.17, 15) is 28.1 Å². The third kappa shape index (κ3) is 8.27. The van der Waals surface area contributed by atoms with Gasteiger partial charge in [0, 0.05) is 30.2 Å². The van der Waals surface area contributed by atoms with Crippen molar-refractivity contribution in [3.63, 3.8) is 0 Å². The summed E-state index contributed by atoms with van der Waals surface area (Å²) in [5.74, 6) is -0.842. The number of nitrogens with one attached hydrogen (secondary N) is 1. The molecule has 3 aromatic rings. The van der Waals surface area contributed by atoms with Crippen molar-refractivity contribution in [1.29, 1.82) is 0 Å². The van der Waals surface area contributed by atoms with Gasteiger partial charge < -0.3 is 10.2 Å². The topological polar surface area (TPSA) is 130 Å². The van der Waals surface area contributed by atoms with Crippen LogP contribution in [0.2, 0.25) is 5.02 Å². The van der Waals surface area contributed by atoms with Gasteiger partial charge in [-0.15, -0.1) is 0 Å². The largest absolute Gasteiger partial charge is 0.354 e. The molecular weight excluding hydrogens is 568 g/mol. The molecule has 12 heteroatoms. The van der Waals surface area contributed by atoms with Crippen LogP contribution >= 0.6 is 11.6 Å². The number of halogens is 1. The van der Waals surface area contributed by atoms with E-state index >= 15 is 0 Å². The quantitative estimate of drug-likeness (QED) is 0.216. The maximum absolute atomic E-state index is 14.0. The Morgan fingerprint density at radius 2 is 1.66 bits per heavy atom. The van der Waals surface area contributed by atoms with Crippen LogP contribution in [0.15, 0.2) is 83.8 Å². The van der Waals surface area contributed by atoms with Crippen molar-refractivity contribution in [2.45, 2.75) is 44.7 Å². The average molecular weight is 601 g/mol. The van der Waals surface area contributed by atoms with Crippen LogP contribution in [-0.2, 0) is 26.2 Å². The number of hydrogen-bond acceptors (Lipinski definition) is 6. The number of carbonyl (C=O) groups is 2. The smallest absolute Gasteiger partial charge is 0.271 e. The normalized spacial score (nSPS) is 12.0. The fourth-order valence-corrected chi connectivity index (χ4v) is 5.69. The average Bonchev–Trinajstić information content (AvgIpc) is 2.96. The van der Waals surface area contributed by atoms with Crippen LogP contribution in [0, 0.1) is 16.0 Å². The summed E-state index contributed by atoms with van der Waals surface area (Å²) in [7, 11) is -4.33. The van der Waals surface area contributed by atoms with E-state index in [1.165, 1.54) is 35.2 Å². The molecule has 10 nitrogen and oxygen atoms in total. The number of benzene rings is 3. The van der Waals surface area contributed by atoms with E-state index in [1.807, 2.05) is 13.8 Å². The van der Waals surface area contributed by atoms with E-state index < -0.39 is 33.4 Å². The molecule has 1 atom stereocenters. The second-order valence-corrected chi connectivity index (χ2v) is 12.1. The van der Waals surface area contributed by atoms with Gasteiger partial charge >= 0.3 is 0 Å². The molecule has 41 heavy (non-hydrogen) atoms. The van der Waals surface area contributed by atoms with E-state index in [0.717, 1.165) is 10.4 Å². The Labute approximate surface area is 245 Å². The van der Waals surface area contributed by atoms with E-state index in [4.69, 9.17) is 11.6 Å². The summed E-state index contributed by atoms with van der Waals surface area (Å²) < 4.78 is 28.5. The summed E-state index contributed by atoms with van der Waals surface area (Å²) in [6, 6.07) is 18.4. The molecule has 0 saturated carbocycles. The van der Waals surface area contributed by atoms with Gasteiger partial charge in [-0.05, 0) is 48.2 Å². The first-order chi connectivity index (χ1) is 19.4. The predicted octanol–water partition coefficient (Wildman–Crippen LogP) is 5.02. The van der Waals surface area contributed by atoms with Crippen molar-refractivity contribution in [1.82, 2.24) is 10.2 Å². The molecule has 0 bridgehead atoms. The Balaban J connectivity index is 2.07. The Bertz CT molecular complexity index is 1470. The maximum Gasteiger partial charge on any atom is 0.271 e. The zero-order valence-corrected chi connectivity index (χ0v) is 24.6. The van der Waals surface area contributed by atoms with Crippen LogP contribution in [0.1, 0.15) is 32.8 Å². The second kappa shape index (κ2) is 14.1. The highest BCUT2D eigenvalue weighted by Gasteiger charge is 2.34. The van der Waals surface area contributed by atoms with Crippen molar-refractivity contribution in [2.75, 3.05) is 17.4 Å². The minimum Gasteiger partial charge on any atom is -0.354 e. The summed E-state index contributed by atoms with van der Waals surface area (Å²) >= 11 is 6.04. The van der Waals surface area contributed by atoms with Gasteiger partial charge in [0.15, 0.2) is 0 Å². The molecule has 0 spiro atoms. The molecular formula is C29H33ClN4O6S. The summed E-state index contributed by atoms with van der Waals surface area (Å²) in [5.41, 5.74) is 0.298. The number of sulfonamides is 1. The molecule has 0 fully saturated rings.